The molecule has 0 saturated carbocycles. The molecule has 0 spiro atoms. The molecule has 4 nitrogen and oxygen atoms in total. The van der Waals surface area contributed by atoms with Gasteiger partial charge in [0.1, 0.15) is 0 Å². The monoisotopic (exact) mass is 284 g/mol. The third-order valence-corrected chi connectivity index (χ3v) is 2.72. The van der Waals surface area contributed by atoms with Gasteiger partial charge in [-0.25, -0.2) is 0 Å². The highest BCUT2D eigenvalue weighted by Crippen LogP contribution is 2.04. The van der Waals surface area contributed by atoms with Gasteiger partial charge in [-0.1, -0.05) is 37.3 Å². The third-order valence-electron chi connectivity index (χ3n) is 2.72. The van der Waals surface area contributed by atoms with E-state index in [9.17, 15) is 9.59 Å². The van der Waals surface area contributed by atoms with Crippen molar-refractivity contribution in [1.82, 2.24) is 5.32 Å². The molecule has 0 aliphatic carbocycles. The minimum Gasteiger partial charge on any atom is -0.356 e. The Morgan fingerprint density at radius 1 is 1.21 bits per heavy atom. The van der Waals surface area contributed by atoms with Gasteiger partial charge in [0.2, 0.25) is 5.91 Å². The Balaban J connectivity index is 0.00000324. The van der Waals surface area contributed by atoms with E-state index in [0.717, 1.165) is 0 Å². The second-order valence-corrected chi connectivity index (χ2v) is 4.43. The van der Waals surface area contributed by atoms with E-state index >= 15 is 0 Å². The molecule has 5 heteroatoms. The number of rotatable bonds is 7. The zero-order valence-corrected chi connectivity index (χ0v) is 11.9. The Kier molecular flexibility index (Phi) is 8.83. The van der Waals surface area contributed by atoms with Gasteiger partial charge in [0.25, 0.3) is 0 Å². The SMILES string of the molecule is CC(CN)CNC(=O)CCC(=O)c1ccccc1.Cl. The Labute approximate surface area is 120 Å². The van der Waals surface area contributed by atoms with Gasteiger partial charge in [-0.3, -0.25) is 9.59 Å². The van der Waals surface area contributed by atoms with E-state index in [-0.39, 0.29) is 42.9 Å². The topological polar surface area (TPSA) is 72.2 Å². The number of ketones is 1. The van der Waals surface area contributed by atoms with Crippen LogP contribution in [0.5, 0.6) is 0 Å². The number of halogens is 1. The highest BCUT2D eigenvalue weighted by Gasteiger charge is 2.09. The fraction of sp³-hybridized carbons (Fsp3) is 0.429. The van der Waals surface area contributed by atoms with Crippen LogP contribution in [-0.2, 0) is 4.79 Å². The van der Waals surface area contributed by atoms with Crippen LogP contribution in [0.4, 0.5) is 0 Å². The summed E-state index contributed by atoms with van der Waals surface area (Å²) in [4.78, 5) is 23.2. The number of hydrogen-bond donors (Lipinski definition) is 2. The zero-order valence-electron chi connectivity index (χ0n) is 11.1. The Hall–Kier alpha value is -1.39. The van der Waals surface area contributed by atoms with E-state index in [2.05, 4.69) is 5.32 Å². The molecule has 1 aromatic rings. The van der Waals surface area contributed by atoms with Crippen LogP contribution in [0.25, 0.3) is 0 Å². The van der Waals surface area contributed by atoms with Crippen LogP contribution in [0, 0.1) is 5.92 Å². The van der Waals surface area contributed by atoms with Crippen molar-refractivity contribution >= 4 is 24.1 Å². The van der Waals surface area contributed by atoms with E-state index in [4.69, 9.17) is 5.73 Å². The molecular formula is C14H21ClN2O2. The van der Waals surface area contributed by atoms with Gasteiger partial charge >= 0.3 is 0 Å². The van der Waals surface area contributed by atoms with E-state index in [0.29, 0.717) is 18.7 Å². The molecule has 3 N–H and O–H groups in total. The number of carbonyl (C=O) groups is 2. The molecule has 0 aromatic heterocycles. The second-order valence-electron chi connectivity index (χ2n) is 4.43. The van der Waals surface area contributed by atoms with Crippen LogP contribution >= 0.6 is 12.4 Å². The smallest absolute Gasteiger partial charge is 0.220 e. The lowest BCUT2D eigenvalue weighted by Crippen LogP contribution is -2.31. The lowest BCUT2D eigenvalue weighted by molar-refractivity contribution is -0.121. The summed E-state index contributed by atoms with van der Waals surface area (Å²) in [5.41, 5.74) is 6.10. The first-order valence-corrected chi connectivity index (χ1v) is 6.18. The summed E-state index contributed by atoms with van der Waals surface area (Å²) in [7, 11) is 0. The van der Waals surface area contributed by atoms with Crippen LogP contribution in [0.1, 0.15) is 30.1 Å². The van der Waals surface area contributed by atoms with Crippen molar-refractivity contribution in [1.29, 1.82) is 0 Å². The number of carbonyl (C=O) groups excluding carboxylic acids is 2. The standard InChI is InChI=1S/C14H20N2O2.ClH/c1-11(9-15)10-16-14(18)8-7-13(17)12-5-3-2-4-6-12;/h2-6,11H,7-10,15H2,1H3,(H,16,18);1H. The van der Waals surface area contributed by atoms with Gasteiger partial charge in [-0.15, -0.1) is 12.4 Å². The van der Waals surface area contributed by atoms with E-state index < -0.39 is 0 Å². The molecule has 0 saturated heterocycles. The summed E-state index contributed by atoms with van der Waals surface area (Å²) >= 11 is 0. The lowest BCUT2D eigenvalue weighted by atomic mass is 10.1. The number of Topliss-reactive ketones (excluding diaryl/α,β-unsaturated/α-hetero) is 1. The van der Waals surface area contributed by atoms with Crippen LogP contribution in [0.2, 0.25) is 0 Å². The van der Waals surface area contributed by atoms with Gasteiger partial charge < -0.3 is 11.1 Å². The molecule has 106 valence electrons. The highest BCUT2D eigenvalue weighted by molar-refractivity contribution is 5.97. The maximum absolute atomic E-state index is 11.7. The summed E-state index contributed by atoms with van der Waals surface area (Å²) in [5.74, 6) is 0.163. The fourth-order valence-corrected chi connectivity index (χ4v) is 1.46. The molecular weight excluding hydrogens is 264 g/mol. The number of hydrogen-bond acceptors (Lipinski definition) is 3. The van der Waals surface area contributed by atoms with Crippen molar-refractivity contribution in [2.45, 2.75) is 19.8 Å². The number of amides is 1. The Morgan fingerprint density at radius 3 is 2.42 bits per heavy atom. The van der Waals surface area contributed by atoms with E-state index in [1.807, 2.05) is 25.1 Å². The fourth-order valence-electron chi connectivity index (χ4n) is 1.46. The molecule has 19 heavy (non-hydrogen) atoms. The third kappa shape index (κ3) is 6.94. The molecule has 0 bridgehead atoms. The van der Waals surface area contributed by atoms with Gasteiger partial charge in [0.15, 0.2) is 5.78 Å². The molecule has 0 fully saturated rings. The highest BCUT2D eigenvalue weighted by atomic mass is 35.5. The maximum atomic E-state index is 11.7. The molecule has 1 atom stereocenters. The molecule has 0 radical (unpaired) electrons. The minimum absolute atomic E-state index is 0. The number of nitrogens with two attached hydrogens (primary N) is 1. The predicted molar refractivity (Wildman–Crippen MR) is 78.5 cm³/mol. The number of nitrogens with one attached hydrogen (secondary N) is 1. The zero-order chi connectivity index (χ0) is 13.4. The van der Waals surface area contributed by atoms with Gasteiger partial charge in [0.05, 0.1) is 0 Å². The molecule has 1 unspecified atom stereocenters. The van der Waals surface area contributed by atoms with Crippen molar-refractivity contribution in [2.24, 2.45) is 11.7 Å². The average Bonchev–Trinajstić information content (AvgIpc) is 2.42. The maximum Gasteiger partial charge on any atom is 0.220 e. The molecule has 1 rings (SSSR count). The summed E-state index contributed by atoms with van der Waals surface area (Å²) in [6, 6.07) is 9.01. The van der Waals surface area contributed by atoms with Crippen molar-refractivity contribution < 1.29 is 9.59 Å². The van der Waals surface area contributed by atoms with Crippen LogP contribution < -0.4 is 11.1 Å². The Bertz CT molecular complexity index is 396. The summed E-state index contributed by atoms with van der Waals surface area (Å²) in [6.45, 7) is 3.08. The minimum atomic E-state index is -0.0976. The summed E-state index contributed by atoms with van der Waals surface area (Å²) in [6.07, 6.45) is 0.470. The van der Waals surface area contributed by atoms with Gasteiger partial charge in [-0.05, 0) is 12.5 Å². The predicted octanol–water partition coefficient (Wildman–Crippen LogP) is 1.78. The first-order valence-electron chi connectivity index (χ1n) is 6.18. The van der Waals surface area contributed by atoms with Gasteiger partial charge in [0, 0.05) is 24.9 Å². The van der Waals surface area contributed by atoms with Gasteiger partial charge in [-0.2, -0.15) is 0 Å². The van der Waals surface area contributed by atoms with Crippen molar-refractivity contribution in [3.8, 4) is 0 Å². The number of benzene rings is 1. The van der Waals surface area contributed by atoms with Crippen LogP contribution in [0.15, 0.2) is 30.3 Å². The quantitative estimate of drug-likeness (QED) is 0.750. The van der Waals surface area contributed by atoms with Crippen molar-refractivity contribution in [3.63, 3.8) is 0 Å². The molecule has 1 aromatic carbocycles. The summed E-state index contributed by atoms with van der Waals surface area (Å²) < 4.78 is 0. The first-order chi connectivity index (χ1) is 8.63. The molecule has 0 heterocycles. The van der Waals surface area contributed by atoms with E-state index in [1.54, 1.807) is 12.1 Å². The molecule has 0 aliphatic rings. The van der Waals surface area contributed by atoms with Crippen LogP contribution in [-0.4, -0.2) is 24.8 Å². The Morgan fingerprint density at radius 2 is 1.84 bits per heavy atom. The van der Waals surface area contributed by atoms with Crippen LogP contribution in [0.3, 0.4) is 0 Å². The van der Waals surface area contributed by atoms with E-state index in [1.165, 1.54) is 0 Å². The normalized spacial score (nSPS) is 11.3. The second kappa shape index (κ2) is 9.53. The van der Waals surface area contributed by atoms with Crippen molar-refractivity contribution in [3.05, 3.63) is 35.9 Å². The van der Waals surface area contributed by atoms with Crippen molar-refractivity contribution in [2.75, 3.05) is 13.1 Å². The molecule has 1 amide bonds. The summed E-state index contributed by atoms with van der Waals surface area (Å²) in [5, 5.41) is 2.77. The first kappa shape index (κ1) is 17.6. The molecule has 0 aliphatic heterocycles. The largest absolute Gasteiger partial charge is 0.356 e. The lowest BCUT2D eigenvalue weighted by Gasteiger charge is -2.09. The average molecular weight is 285 g/mol.